The fraction of sp³-hybridized carbons (Fsp3) is 0.538. The van der Waals surface area contributed by atoms with Crippen molar-refractivity contribution in [1.82, 2.24) is 9.88 Å². The van der Waals surface area contributed by atoms with E-state index in [0.29, 0.717) is 19.7 Å². The van der Waals surface area contributed by atoms with Gasteiger partial charge in [-0.3, -0.25) is 4.98 Å². The van der Waals surface area contributed by atoms with Crippen LogP contribution in [0.1, 0.15) is 30.7 Å². The van der Waals surface area contributed by atoms with Gasteiger partial charge in [0, 0.05) is 24.9 Å². The van der Waals surface area contributed by atoms with Crippen LogP contribution in [-0.2, 0) is 24.1 Å². The Morgan fingerprint density at radius 1 is 1.53 bits per heavy atom. The summed E-state index contributed by atoms with van der Waals surface area (Å²) in [5.74, 6) is 0. The number of hydrogen-bond acceptors (Lipinski definition) is 3. The molecule has 2 heterocycles. The minimum atomic E-state index is -0.222. The summed E-state index contributed by atoms with van der Waals surface area (Å²) in [5, 5.41) is 0. The lowest BCUT2D eigenvalue weighted by molar-refractivity contribution is 0.102. The number of rotatable bonds is 2. The molecule has 17 heavy (non-hydrogen) atoms. The smallest absolute Gasteiger partial charge is 0.410 e. The maximum Gasteiger partial charge on any atom is 0.410 e. The first-order valence-corrected chi connectivity index (χ1v) is 6.13. The fourth-order valence-electron chi connectivity index (χ4n) is 2.04. The van der Waals surface area contributed by atoms with Crippen LogP contribution >= 0.6 is 0 Å². The largest absolute Gasteiger partial charge is 0.450 e. The number of nitrogens with zero attached hydrogens (tertiary/aromatic N) is 2. The molecule has 0 fully saturated rings. The van der Waals surface area contributed by atoms with E-state index in [9.17, 15) is 4.79 Å². The standard InChI is InChI=1S/C13H18N2O2/c1-3-10-7-11-9-15(13(16)17-4-2)6-5-12(11)14-8-10/h7-8H,3-6,9H2,1-2H3. The summed E-state index contributed by atoms with van der Waals surface area (Å²) in [4.78, 5) is 17.8. The van der Waals surface area contributed by atoms with Crippen molar-refractivity contribution in [2.75, 3.05) is 13.2 Å². The molecular formula is C13H18N2O2. The first-order valence-electron chi connectivity index (χ1n) is 6.13. The van der Waals surface area contributed by atoms with E-state index in [1.807, 2.05) is 13.1 Å². The Labute approximate surface area is 102 Å². The van der Waals surface area contributed by atoms with E-state index < -0.39 is 0 Å². The molecule has 1 aliphatic rings. The molecular weight excluding hydrogens is 216 g/mol. The second-order valence-corrected chi connectivity index (χ2v) is 4.17. The highest BCUT2D eigenvalue weighted by Gasteiger charge is 2.22. The number of fused-ring (bicyclic) bond motifs is 1. The number of carbonyl (C=O) groups excluding carboxylic acids is 1. The molecule has 0 saturated heterocycles. The average molecular weight is 234 g/mol. The molecule has 0 radical (unpaired) electrons. The summed E-state index contributed by atoms with van der Waals surface area (Å²) >= 11 is 0. The van der Waals surface area contributed by atoms with Crippen LogP contribution in [0.5, 0.6) is 0 Å². The molecule has 0 saturated carbocycles. The number of aryl methyl sites for hydroxylation is 1. The molecule has 0 unspecified atom stereocenters. The second kappa shape index (κ2) is 5.17. The molecule has 4 nitrogen and oxygen atoms in total. The van der Waals surface area contributed by atoms with Crippen LogP contribution in [0.3, 0.4) is 0 Å². The molecule has 1 aromatic rings. The van der Waals surface area contributed by atoms with Crippen molar-refractivity contribution < 1.29 is 9.53 Å². The van der Waals surface area contributed by atoms with E-state index in [-0.39, 0.29) is 6.09 Å². The van der Waals surface area contributed by atoms with Gasteiger partial charge in [-0.05, 0) is 24.5 Å². The Hall–Kier alpha value is -1.58. The van der Waals surface area contributed by atoms with E-state index >= 15 is 0 Å². The van der Waals surface area contributed by atoms with Gasteiger partial charge in [0.2, 0.25) is 0 Å². The minimum Gasteiger partial charge on any atom is -0.450 e. The number of hydrogen-bond donors (Lipinski definition) is 0. The number of amides is 1. The Kier molecular flexibility index (Phi) is 3.61. The number of ether oxygens (including phenoxy) is 1. The molecule has 0 N–H and O–H groups in total. The van der Waals surface area contributed by atoms with Crippen molar-refractivity contribution >= 4 is 6.09 Å². The molecule has 1 amide bonds. The normalized spacial score (nSPS) is 14.4. The Morgan fingerprint density at radius 3 is 3.06 bits per heavy atom. The molecule has 4 heteroatoms. The van der Waals surface area contributed by atoms with Crippen molar-refractivity contribution in [2.45, 2.75) is 33.2 Å². The van der Waals surface area contributed by atoms with Crippen LogP contribution in [0.4, 0.5) is 4.79 Å². The maximum absolute atomic E-state index is 11.6. The molecule has 0 aromatic carbocycles. The van der Waals surface area contributed by atoms with Crippen LogP contribution in [0.25, 0.3) is 0 Å². The van der Waals surface area contributed by atoms with Gasteiger partial charge in [-0.1, -0.05) is 13.0 Å². The monoisotopic (exact) mass is 234 g/mol. The van der Waals surface area contributed by atoms with Crippen molar-refractivity contribution in [3.05, 3.63) is 29.1 Å². The van der Waals surface area contributed by atoms with E-state index in [2.05, 4.69) is 18.0 Å². The first kappa shape index (κ1) is 11.9. The molecule has 0 bridgehead atoms. The third kappa shape index (κ3) is 2.57. The minimum absolute atomic E-state index is 0.222. The topological polar surface area (TPSA) is 42.4 Å². The summed E-state index contributed by atoms with van der Waals surface area (Å²) in [5.41, 5.74) is 3.49. The van der Waals surface area contributed by atoms with Gasteiger partial charge in [-0.25, -0.2) is 4.79 Å². The molecule has 2 rings (SSSR count). The highest BCUT2D eigenvalue weighted by atomic mass is 16.6. The molecule has 0 aliphatic carbocycles. The first-order chi connectivity index (χ1) is 8.24. The lowest BCUT2D eigenvalue weighted by Crippen LogP contribution is -2.36. The van der Waals surface area contributed by atoms with Gasteiger partial charge >= 0.3 is 6.09 Å². The quantitative estimate of drug-likeness (QED) is 0.787. The van der Waals surface area contributed by atoms with Crippen LogP contribution in [0, 0.1) is 0 Å². The zero-order valence-corrected chi connectivity index (χ0v) is 10.4. The van der Waals surface area contributed by atoms with Crippen LogP contribution in [0.15, 0.2) is 12.3 Å². The van der Waals surface area contributed by atoms with E-state index in [1.165, 1.54) is 5.56 Å². The number of pyridine rings is 1. The Balaban J connectivity index is 2.14. The van der Waals surface area contributed by atoms with Gasteiger partial charge in [0.1, 0.15) is 0 Å². The summed E-state index contributed by atoms with van der Waals surface area (Å²) in [7, 11) is 0. The van der Waals surface area contributed by atoms with E-state index in [1.54, 1.807) is 4.90 Å². The van der Waals surface area contributed by atoms with Crippen LogP contribution in [-0.4, -0.2) is 29.1 Å². The lowest BCUT2D eigenvalue weighted by atomic mass is 10.0. The molecule has 92 valence electrons. The van der Waals surface area contributed by atoms with Gasteiger partial charge in [-0.2, -0.15) is 0 Å². The maximum atomic E-state index is 11.6. The van der Waals surface area contributed by atoms with E-state index in [4.69, 9.17) is 4.74 Å². The lowest BCUT2D eigenvalue weighted by Gasteiger charge is -2.27. The Bertz CT molecular complexity index is 418. The van der Waals surface area contributed by atoms with Crippen molar-refractivity contribution in [2.24, 2.45) is 0 Å². The second-order valence-electron chi connectivity index (χ2n) is 4.17. The van der Waals surface area contributed by atoms with Crippen LogP contribution in [0.2, 0.25) is 0 Å². The Morgan fingerprint density at radius 2 is 2.35 bits per heavy atom. The number of carbonyl (C=O) groups is 1. The SMILES string of the molecule is CCOC(=O)N1CCc2ncc(CC)cc2C1. The van der Waals surface area contributed by atoms with Gasteiger partial charge < -0.3 is 9.64 Å². The summed E-state index contributed by atoms with van der Waals surface area (Å²) in [6.45, 7) is 5.68. The summed E-state index contributed by atoms with van der Waals surface area (Å²) in [6.07, 6.45) is 3.50. The molecule has 0 atom stereocenters. The third-order valence-electron chi connectivity index (χ3n) is 3.03. The summed E-state index contributed by atoms with van der Waals surface area (Å²) < 4.78 is 5.02. The summed E-state index contributed by atoms with van der Waals surface area (Å²) in [6, 6.07) is 2.15. The average Bonchev–Trinajstić information content (AvgIpc) is 2.37. The molecule has 1 aliphatic heterocycles. The molecule has 1 aromatic heterocycles. The third-order valence-corrected chi connectivity index (χ3v) is 3.03. The predicted octanol–water partition coefficient (Wildman–Crippen LogP) is 2.16. The van der Waals surface area contributed by atoms with E-state index in [0.717, 1.165) is 24.1 Å². The highest BCUT2D eigenvalue weighted by molar-refractivity contribution is 5.68. The zero-order chi connectivity index (χ0) is 12.3. The fourth-order valence-corrected chi connectivity index (χ4v) is 2.04. The van der Waals surface area contributed by atoms with Crippen molar-refractivity contribution in [1.29, 1.82) is 0 Å². The van der Waals surface area contributed by atoms with Crippen LogP contribution < -0.4 is 0 Å². The molecule has 0 spiro atoms. The zero-order valence-electron chi connectivity index (χ0n) is 10.4. The van der Waals surface area contributed by atoms with Crippen molar-refractivity contribution in [3.63, 3.8) is 0 Å². The van der Waals surface area contributed by atoms with Gasteiger partial charge in [0.25, 0.3) is 0 Å². The number of aromatic nitrogens is 1. The van der Waals surface area contributed by atoms with Gasteiger partial charge in [0.05, 0.1) is 13.2 Å². The predicted molar refractivity (Wildman–Crippen MR) is 64.8 cm³/mol. The van der Waals surface area contributed by atoms with Gasteiger partial charge in [0.15, 0.2) is 0 Å². The highest BCUT2D eigenvalue weighted by Crippen LogP contribution is 2.19. The van der Waals surface area contributed by atoms with Gasteiger partial charge in [-0.15, -0.1) is 0 Å². The van der Waals surface area contributed by atoms with Crippen molar-refractivity contribution in [3.8, 4) is 0 Å².